The van der Waals surface area contributed by atoms with E-state index in [0.717, 1.165) is 0 Å². The zero-order valence-electron chi connectivity index (χ0n) is 10.6. The Hall–Kier alpha value is -2.50. The molecule has 2 rings (SSSR count). The van der Waals surface area contributed by atoms with E-state index < -0.39 is 18.0 Å². The Morgan fingerprint density at radius 1 is 1.37 bits per heavy atom. The summed E-state index contributed by atoms with van der Waals surface area (Å²) in [5.74, 6) is -0.554. The van der Waals surface area contributed by atoms with Gasteiger partial charge in [-0.25, -0.2) is 9.59 Å². The number of carbonyl (C=O) groups is 2. The lowest BCUT2D eigenvalue weighted by Crippen LogP contribution is -2.45. The number of phenolic OH excluding ortho intramolecular Hbond substituents is 1. The van der Waals surface area contributed by atoms with Gasteiger partial charge in [0.2, 0.25) is 0 Å². The van der Waals surface area contributed by atoms with Gasteiger partial charge in [0.25, 0.3) is 0 Å². The number of para-hydroxylation sites is 1. The average molecular weight is 262 g/mol. The third kappa shape index (κ3) is 2.37. The molecule has 19 heavy (non-hydrogen) atoms. The second-order valence-corrected chi connectivity index (χ2v) is 4.12. The summed E-state index contributed by atoms with van der Waals surface area (Å²) in [6.07, 6.45) is 0. The van der Waals surface area contributed by atoms with E-state index in [2.05, 4.69) is 10.6 Å². The maximum atomic E-state index is 11.8. The number of aromatic hydroxyl groups is 1. The minimum atomic E-state index is -0.734. The van der Waals surface area contributed by atoms with E-state index in [-0.39, 0.29) is 11.3 Å². The van der Waals surface area contributed by atoms with Gasteiger partial charge in [0.1, 0.15) is 5.75 Å². The fourth-order valence-corrected chi connectivity index (χ4v) is 2.04. The molecule has 1 aliphatic rings. The highest BCUT2D eigenvalue weighted by molar-refractivity contribution is 5.95. The van der Waals surface area contributed by atoms with Crippen LogP contribution in [-0.4, -0.2) is 24.2 Å². The number of hydrogen-bond acceptors (Lipinski definition) is 4. The Balaban J connectivity index is 2.53. The molecule has 6 nitrogen and oxygen atoms in total. The normalized spacial score (nSPS) is 18.6. The molecule has 0 aromatic heterocycles. The number of carbonyl (C=O) groups excluding carboxylic acids is 2. The van der Waals surface area contributed by atoms with Crippen molar-refractivity contribution in [3.05, 3.63) is 41.1 Å². The first-order chi connectivity index (χ1) is 9.04. The van der Waals surface area contributed by atoms with Gasteiger partial charge in [-0.1, -0.05) is 18.2 Å². The van der Waals surface area contributed by atoms with Crippen LogP contribution < -0.4 is 10.6 Å². The molecule has 2 amide bonds. The van der Waals surface area contributed by atoms with Gasteiger partial charge in [-0.2, -0.15) is 0 Å². The van der Waals surface area contributed by atoms with Crippen molar-refractivity contribution in [2.24, 2.45) is 0 Å². The number of allylic oxidation sites excluding steroid dienone is 1. The van der Waals surface area contributed by atoms with Crippen LogP contribution >= 0.6 is 0 Å². The first-order valence-corrected chi connectivity index (χ1v) is 5.69. The number of rotatable bonds is 2. The molecular formula is C13H14N2O4. The third-order valence-corrected chi connectivity index (χ3v) is 2.92. The highest BCUT2D eigenvalue weighted by atomic mass is 16.5. The largest absolute Gasteiger partial charge is 0.508 e. The first-order valence-electron chi connectivity index (χ1n) is 5.69. The quantitative estimate of drug-likeness (QED) is 0.699. The third-order valence-electron chi connectivity index (χ3n) is 2.92. The van der Waals surface area contributed by atoms with Gasteiger partial charge in [0.15, 0.2) is 0 Å². The van der Waals surface area contributed by atoms with Crippen molar-refractivity contribution in [1.29, 1.82) is 0 Å². The average Bonchev–Trinajstić information content (AvgIpc) is 2.37. The molecule has 0 radical (unpaired) electrons. The Bertz CT molecular complexity index is 566. The Labute approximate surface area is 110 Å². The van der Waals surface area contributed by atoms with Crippen LogP contribution in [0.4, 0.5) is 4.79 Å². The van der Waals surface area contributed by atoms with E-state index in [0.29, 0.717) is 11.3 Å². The lowest BCUT2D eigenvalue weighted by molar-refractivity contribution is -0.136. The molecule has 6 heteroatoms. The first kappa shape index (κ1) is 12.9. The Morgan fingerprint density at radius 3 is 2.68 bits per heavy atom. The van der Waals surface area contributed by atoms with Crippen LogP contribution in [0, 0.1) is 0 Å². The second kappa shape index (κ2) is 5.01. The minimum absolute atomic E-state index is 0.00361. The van der Waals surface area contributed by atoms with Crippen molar-refractivity contribution in [1.82, 2.24) is 10.6 Å². The zero-order valence-corrected chi connectivity index (χ0v) is 10.6. The van der Waals surface area contributed by atoms with Gasteiger partial charge in [0, 0.05) is 11.3 Å². The van der Waals surface area contributed by atoms with E-state index in [9.17, 15) is 14.7 Å². The predicted molar refractivity (Wildman–Crippen MR) is 67.2 cm³/mol. The van der Waals surface area contributed by atoms with Crippen molar-refractivity contribution in [3.8, 4) is 5.75 Å². The molecule has 0 spiro atoms. The van der Waals surface area contributed by atoms with Crippen LogP contribution in [-0.2, 0) is 9.53 Å². The number of ether oxygens (including phenoxy) is 1. The smallest absolute Gasteiger partial charge is 0.337 e. The molecule has 0 aliphatic carbocycles. The summed E-state index contributed by atoms with van der Waals surface area (Å²) in [5.41, 5.74) is 1.12. The maximum absolute atomic E-state index is 11.8. The number of methoxy groups -OCH3 is 1. The molecule has 100 valence electrons. The molecule has 0 bridgehead atoms. The lowest BCUT2D eigenvalue weighted by atomic mass is 9.95. The second-order valence-electron chi connectivity index (χ2n) is 4.12. The predicted octanol–water partition coefficient (Wildman–Crippen LogP) is 1.19. The molecule has 1 aromatic carbocycles. The molecule has 0 unspecified atom stereocenters. The van der Waals surface area contributed by atoms with E-state index >= 15 is 0 Å². The minimum Gasteiger partial charge on any atom is -0.508 e. The molecule has 1 aromatic rings. The number of nitrogens with one attached hydrogen (secondary N) is 2. The molecule has 0 fully saturated rings. The van der Waals surface area contributed by atoms with Crippen LogP contribution in [0.5, 0.6) is 5.75 Å². The molecule has 0 saturated heterocycles. The lowest BCUT2D eigenvalue weighted by Gasteiger charge is -2.28. The summed E-state index contributed by atoms with van der Waals surface area (Å²) in [5, 5.41) is 15.0. The van der Waals surface area contributed by atoms with Gasteiger partial charge >= 0.3 is 12.0 Å². The van der Waals surface area contributed by atoms with Gasteiger partial charge in [-0.15, -0.1) is 0 Å². The van der Waals surface area contributed by atoms with Gasteiger partial charge in [0.05, 0.1) is 18.7 Å². The topological polar surface area (TPSA) is 87.7 Å². The standard InChI is InChI=1S/C13H14N2O4/c1-7-10(12(17)19-2)11(15-13(18)14-7)8-5-3-4-6-9(8)16/h3-6,11,16H,1-2H3,(H2,14,15,18)/t11-/m0/s1. The van der Waals surface area contributed by atoms with Crippen LogP contribution in [0.25, 0.3) is 0 Å². The van der Waals surface area contributed by atoms with E-state index in [4.69, 9.17) is 4.74 Å². The van der Waals surface area contributed by atoms with Crippen molar-refractivity contribution in [2.45, 2.75) is 13.0 Å². The molecule has 1 aliphatic heterocycles. The van der Waals surface area contributed by atoms with Crippen LogP contribution in [0.1, 0.15) is 18.5 Å². The number of hydrogen-bond donors (Lipinski definition) is 3. The van der Waals surface area contributed by atoms with Gasteiger partial charge in [-0.05, 0) is 13.0 Å². The van der Waals surface area contributed by atoms with Crippen molar-refractivity contribution < 1.29 is 19.4 Å². The number of phenols is 1. The summed E-state index contributed by atoms with van der Waals surface area (Å²) in [7, 11) is 1.26. The van der Waals surface area contributed by atoms with Crippen molar-refractivity contribution in [2.75, 3.05) is 7.11 Å². The molecule has 0 saturated carbocycles. The zero-order chi connectivity index (χ0) is 14.0. The Kier molecular flexibility index (Phi) is 3.41. The highest BCUT2D eigenvalue weighted by Gasteiger charge is 2.33. The summed E-state index contributed by atoms with van der Waals surface area (Å²) in [4.78, 5) is 23.4. The van der Waals surface area contributed by atoms with Crippen molar-refractivity contribution in [3.63, 3.8) is 0 Å². The molecule has 1 heterocycles. The van der Waals surface area contributed by atoms with Crippen LogP contribution in [0.3, 0.4) is 0 Å². The summed E-state index contributed by atoms with van der Waals surface area (Å²) in [6, 6.07) is 5.35. The van der Waals surface area contributed by atoms with Gasteiger partial charge < -0.3 is 20.5 Å². The fourth-order valence-electron chi connectivity index (χ4n) is 2.04. The molecule has 1 atom stereocenters. The van der Waals surface area contributed by atoms with E-state index in [1.54, 1.807) is 25.1 Å². The molecule has 3 N–H and O–H groups in total. The fraction of sp³-hybridized carbons (Fsp3) is 0.231. The number of benzene rings is 1. The van der Waals surface area contributed by atoms with Crippen LogP contribution in [0.15, 0.2) is 35.5 Å². The monoisotopic (exact) mass is 262 g/mol. The molecular weight excluding hydrogens is 248 g/mol. The Morgan fingerprint density at radius 2 is 2.05 bits per heavy atom. The SMILES string of the molecule is COC(=O)C1=C(C)NC(=O)N[C@H]1c1ccccc1O. The van der Waals surface area contributed by atoms with Crippen molar-refractivity contribution >= 4 is 12.0 Å². The van der Waals surface area contributed by atoms with E-state index in [1.807, 2.05) is 0 Å². The maximum Gasteiger partial charge on any atom is 0.337 e. The van der Waals surface area contributed by atoms with Crippen LogP contribution in [0.2, 0.25) is 0 Å². The number of amides is 2. The number of urea groups is 1. The summed E-state index contributed by atoms with van der Waals surface area (Å²) < 4.78 is 4.72. The van der Waals surface area contributed by atoms with Gasteiger partial charge in [-0.3, -0.25) is 0 Å². The van der Waals surface area contributed by atoms with E-state index in [1.165, 1.54) is 13.2 Å². The highest BCUT2D eigenvalue weighted by Crippen LogP contribution is 2.32. The number of esters is 1. The summed E-state index contributed by atoms with van der Waals surface area (Å²) >= 11 is 0. The summed E-state index contributed by atoms with van der Waals surface area (Å²) in [6.45, 7) is 1.61.